The Morgan fingerprint density at radius 3 is 0.664 bits per heavy atom. The molecule has 0 aliphatic carbocycles. The fourth-order valence-corrected chi connectivity index (χ4v) is 21.0. The molecular weight excluding hydrogens is 1620 g/mol. The first-order chi connectivity index (χ1) is 66.5. The van der Waals surface area contributed by atoms with Crippen LogP contribution in [-0.2, 0) is 0 Å². The molecule has 0 atom stereocenters. The molecule has 26 rings (SSSR count). The maximum absolute atomic E-state index is 2.49. The molecule has 22 aromatic carbocycles. The minimum Gasteiger partial charge on any atom is -0.310 e. The van der Waals surface area contributed by atoms with Crippen molar-refractivity contribution in [1.82, 2.24) is 18.3 Å². The minimum absolute atomic E-state index is 1.09. The molecule has 0 unspecified atom stereocenters. The van der Waals surface area contributed by atoms with Crippen LogP contribution in [0.1, 0.15) is 0 Å². The third kappa shape index (κ3) is 13.6. The van der Waals surface area contributed by atoms with Gasteiger partial charge in [-0.2, -0.15) is 0 Å². The van der Waals surface area contributed by atoms with Crippen LogP contribution in [0.4, 0.5) is 34.1 Å². The molecule has 6 heteroatoms. The Kier molecular flexibility index (Phi) is 19.5. The largest absolute Gasteiger partial charge is 0.310 e. The van der Waals surface area contributed by atoms with Gasteiger partial charge in [-0.15, -0.1) is 0 Å². The number of anilines is 6. The van der Waals surface area contributed by atoms with Crippen molar-refractivity contribution in [2.24, 2.45) is 0 Å². The average molecular weight is 1710 g/mol. The highest BCUT2D eigenvalue weighted by atomic mass is 15.2. The Bertz CT molecular complexity index is 8570. The molecule has 134 heavy (non-hydrogen) atoms. The summed E-state index contributed by atoms with van der Waals surface area (Å²) in [4.78, 5) is 4.72. The number of rotatable bonds is 16. The van der Waals surface area contributed by atoms with E-state index in [1.165, 1.54) is 153 Å². The van der Waals surface area contributed by atoms with Crippen LogP contribution in [0.15, 0.2) is 522 Å². The van der Waals surface area contributed by atoms with Crippen molar-refractivity contribution < 1.29 is 0 Å². The first-order valence-corrected chi connectivity index (χ1v) is 46.0. The van der Waals surface area contributed by atoms with Gasteiger partial charge in [-0.05, 0) is 268 Å². The second kappa shape index (κ2) is 33.3. The van der Waals surface area contributed by atoms with Crippen molar-refractivity contribution in [2.75, 3.05) is 9.80 Å². The normalized spacial score (nSPS) is 11.6. The molecule has 0 bridgehead atoms. The zero-order valence-corrected chi connectivity index (χ0v) is 73.3. The lowest BCUT2D eigenvalue weighted by atomic mass is 9.93. The molecule has 0 radical (unpaired) electrons. The van der Waals surface area contributed by atoms with Crippen molar-refractivity contribution in [3.63, 3.8) is 0 Å². The molecule has 0 aliphatic rings. The smallest absolute Gasteiger partial charge is 0.0804 e. The molecule has 0 aliphatic heterocycles. The van der Waals surface area contributed by atoms with Gasteiger partial charge in [0.25, 0.3) is 0 Å². The lowest BCUT2D eigenvalue weighted by Gasteiger charge is -2.25. The third-order valence-electron chi connectivity index (χ3n) is 27.0. The Hall–Kier alpha value is -17.8. The zero-order chi connectivity index (χ0) is 88.5. The van der Waals surface area contributed by atoms with Crippen LogP contribution in [-0.4, -0.2) is 18.3 Å². The van der Waals surface area contributed by atoms with E-state index in [2.05, 4.69) is 550 Å². The van der Waals surface area contributed by atoms with E-state index in [0.717, 1.165) is 78.9 Å². The number of fused-ring (bicyclic) bond motifs is 16. The SMILES string of the molecule is c1ccc(-c2ccccc2-c2ccc(-n3c4ccc(N(c5ccccc5)c5ccccc5)cc4c4c3c3ccccc3n4-c3ccc(-c4ccccc4-c4ccccc4)cc3)cc2)cc1.c1ccc(N(c2ccccc2)c2ccc3c(c2)c2c(c4ccccc4n2-c2ccc(-c4cc5ccccc5c5ccccc45)cc2)n3-c2ccc(-c3cc4ccccc4c4ccccc34)cc2)cc1. The monoisotopic (exact) mass is 1710 g/mol. The molecule has 0 saturated heterocycles. The number of hydrogen-bond donors (Lipinski definition) is 0. The Balaban J connectivity index is 0.000000144. The third-order valence-corrected chi connectivity index (χ3v) is 27.0. The van der Waals surface area contributed by atoms with E-state index in [4.69, 9.17) is 0 Å². The van der Waals surface area contributed by atoms with Crippen molar-refractivity contribution in [2.45, 2.75) is 0 Å². The molecule has 628 valence electrons. The fraction of sp³-hybridized carbons (Fsp3) is 0. The van der Waals surface area contributed by atoms with Gasteiger partial charge in [-0.1, -0.05) is 364 Å². The van der Waals surface area contributed by atoms with Crippen molar-refractivity contribution >= 4 is 143 Å². The van der Waals surface area contributed by atoms with Gasteiger partial charge in [0, 0.05) is 78.4 Å². The predicted molar refractivity (Wildman–Crippen MR) is 567 cm³/mol. The predicted octanol–water partition coefficient (Wildman–Crippen LogP) is 35.0. The Labute approximate surface area is 776 Å². The van der Waals surface area contributed by atoms with Crippen LogP contribution in [0, 0.1) is 0 Å². The molecule has 6 nitrogen and oxygen atoms in total. The van der Waals surface area contributed by atoms with Crippen LogP contribution in [0.3, 0.4) is 0 Å². The highest BCUT2D eigenvalue weighted by Gasteiger charge is 2.28. The molecule has 0 saturated carbocycles. The molecule has 26 aromatic rings. The summed E-state index contributed by atoms with van der Waals surface area (Å²) < 4.78 is 9.92. The van der Waals surface area contributed by atoms with Gasteiger partial charge in [-0.25, -0.2) is 0 Å². The van der Waals surface area contributed by atoms with E-state index in [-0.39, 0.29) is 0 Å². The number of aromatic nitrogens is 4. The highest BCUT2D eigenvalue weighted by molar-refractivity contribution is 6.23. The van der Waals surface area contributed by atoms with E-state index in [1.807, 2.05) is 0 Å². The second-order valence-corrected chi connectivity index (χ2v) is 34.6. The molecular formula is C128H86N6. The molecule has 4 aromatic heterocycles. The summed E-state index contributed by atoms with van der Waals surface area (Å²) in [5.74, 6) is 0. The standard InChI is InChI=1S/C66H43N3.C62H43N3/c1-3-19-48(20-4-1)67(49-21-5-2-6-22-49)52-39-40-64-62(43-52)66-65(69(64)51-37-33-45(34-38-51)61-42-47-18-8-10-24-54(47)56-26-12-14-28-58(56)61)59-29-15-16-30-63(59)68(66)50-35-31-44(32-36-50)60-41-46-17-7-9-23-53(46)55-25-11-13-27-57(55)60;1-5-19-44(20-6-1)53-27-13-15-29-55(53)46-33-37-50(38-34-46)64-59-32-18-17-31-57(59)61-62(64)58-43-52(63(48-23-9-3-10-24-48)49-25-11-4-12-26-49)41-42-60(58)65(61)51-39-35-47(36-40-51)56-30-16-14-28-54(56)45-21-7-2-8-22-45/h1-43H;1-43H. The summed E-state index contributed by atoms with van der Waals surface area (Å²) in [7, 11) is 0. The lowest BCUT2D eigenvalue weighted by Crippen LogP contribution is -2.09. The van der Waals surface area contributed by atoms with E-state index >= 15 is 0 Å². The maximum Gasteiger partial charge on any atom is 0.0804 e. The zero-order valence-electron chi connectivity index (χ0n) is 73.3. The van der Waals surface area contributed by atoms with Gasteiger partial charge < -0.3 is 28.1 Å². The first kappa shape index (κ1) is 78.4. The molecule has 0 fully saturated rings. The van der Waals surface area contributed by atoms with Crippen LogP contribution < -0.4 is 9.80 Å². The summed E-state index contributed by atoms with van der Waals surface area (Å²) in [6.45, 7) is 0. The molecule has 4 heterocycles. The Morgan fingerprint density at radius 1 is 0.127 bits per heavy atom. The van der Waals surface area contributed by atoms with Gasteiger partial charge in [-0.3, -0.25) is 0 Å². The maximum atomic E-state index is 2.49. The van der Waals surface area contributed by atoms with Gasteiger partial charge in [0.05, 0.1) is 44.1 Å². The lowest BCUT2D eigenvalue weighted by molar-refractivity contribution is 1.17. The van der Waals surface area contributed by atoms with Gasteiger partial charge >= 0.3 is 0 Å². The number of para-hydroxylation sites is 6. The fourth-order valence-electron chi connectivity index (χ4n) is 21.0. The van der Waals surface area contributed by atoms with Crippen molar-refractivity contribution in [3.05, 3.63) is 522 Å². The first-order valence-electron chi connectivity index (χ1n) is 46.0. The topological polar surface area (TPSA) is 26.2 Å². The van der Waals surface area contributed by atoms with Crippen LogP contribution in [0.2, 0.25) is 0 Å². The average Bonchev–Trinajstić information content (AvgIpc) is 1.54. The van der Waals surface area contributed by atoms with Crippen LogP contribution in [0.5, 0.6) is 0 Å². The van der Waals surface area contributed by atoms with E-state index < -0.39 is 0 Å². The number of hydrogen-bond acceptors (Lipinski definition) is 2. The van der Waals surface area contributed by atoms with Crippen LogP contribution in [0.25, 0.3) is 198 Å². The summed E-state index contributed by atoms with van der Waals surface area (Å²) in [5, 5.41) is 14.8. The number of nitrogens with zero attached hydrogens (tertiary/aromatic N) is 6. The van der Waals surface area contributed by atoms with Gasteiger partial charge in [0.1, 0.15) is 0 Å². The van der Waals surface area contributed by atoms with E-state index in [9.17, 15) is 0 Å². The summed E-state index contributed by atoms with van der Waals surface area (Å²) in [5.41, 5.74) is 34.9. The highest BCUT2D eigenvalue weighted by Crippen LogP contribution is 2.50. The summed E-state index contributed by atoms with van der Waals surface area (Å²) in [6, 6.07) is 190. The van der Waals surface area contributed by atoms with E-state index in [1.54, 1.807) is 0 Å². The quantitative estimate of drug-likeness (QED) is 0.0901. The van der Waals surface area contributed by atoms with E-state index in [0.29, 0.717) is 0 Å². The second-order valence-electron chi connectivity index (χ2n) is 34.6. The molecule has 0 amide bonds. The van der Waals surface area contributed by atoms with Gasteiger partial charge in [0.2, 0.25) is 0 Å². The van der Waals surface area contributed by atoms with Crippen LogP contribution >= 0.6 is 0 Å². The summed E-state index contributed by atoms with van der Waals surface area (Å²) in [6.07, 6.45) is 0. The van der Waals surface area contributed by atoms with Crippen molar-refractivity contribution in [1.29, 1.82) is 0 Å². The van der Waals surface area contributed by atoms with Gasteiger partial charge in [0.15, 0.2) is 0 Å². The molecule has 0 spiro atoms. The van der Waals surface area contributed by atoms with Crippen molar-refractivity contribution in [3.8, 4) is 89.5 Å². The Morgan fingerprint density at radius 2 is 0.351 bits per heavy atom. The number of benzene rings is 22. The minimum atomic E-state index is 1.09. The summed E-state index contributed by atoms with van der Waals surface area (Å²) >= 11 is 0. The molecule has 0 N–H and O–H groups in total.